The largest absolute Gasteiger partial charge is 0.310 e. The molecule has 0 spiro atoms. The van der Waals surface area contributed by atoms with Crippen molar-refractivity contribution >= 4 is 49.6 Å². The molecule has 1 aromatic heterocycles. The van der Waals surface area contributed by atoms with Crippen LogP contribution < -0.4 is 4.90 Å². The van der Waals surface area contributed by atoms with Gasteiger partial charge >= 0.3 is 0 Å². The van der Waals surface area contributed by atoms with Crippen molar-refractivity contribution in [3.63, 3.8) is 0 Å². The molecule has 62 heavy (non-hydrogen) atoms. The second kappa shape index (κ2) is 13.3. The molecule has 0 saturated heterocycles. The number of benzene rings is 8. The van der Waals surface area contributed by atoms with Crippen LogP contribution in [-0.2, 0) is 10.8 Å². The average Bonchev–Trinajstić information content (AvgIpc) is 3.83. The average molecular weight is 801 g/mol. The first-order valence-electron chi connectivity index (χ1n) is 23.1. The Bertz CT molecular complexity index is 3250. The summed E-state index contributed by atoms with van der Waals surface area (Å²) in [5, 5.41) is 5.10. The van der Waals surface area contributed by atoms with E-state index in [-0.39, 0.29) is 10.8 Å². The van der Waals surface area contributed by atoms with Crippen LogP contribution in [0, 0.1) is 23.7 Å². The fraction of sp³-hybridized carbons (Fsp3) is 0.233. The van der Waals surface area contributed by atoms with E-state index in [1.807, 2.05) is 0 Å². The van der Waals surface area contributed by atoms with Crippen molar-refractivity contribution in [3.05, 3.63) is 193 Å². The lowest BCUT2D eigenvalue weighted by molar-refractivity contribution is 0.0780. The Balaban J connectivity index is 0.941. The van der Waals surface area contributed by atoms with Gasteiger partial charge in [-0.1, -0.05) is 136 Å². The van der Waals surface area contributed by atoms with E-state index in [2.05, 4.69) is 206 Å². The van der Waals surface area contributed by atoms with Crippen LogP contribution in [0.5, 0.6) is 0 Å². The van der Waals surface area contributed by atoms with E-state index in [0.29, 0.717) is 0 Å². The van der Waals surface area contributed by atoms with Crippen molar-refractivity contribution < 1.29 is 0 Å². The van der Waals surface area contributed by atoms with Crippen LogP contribution in [0.4, 0.5) is 17.1 Å². The number of para-hydroxylation sites is 2. The van der Waals surface area contributed by atoms with Gasteiger partial charge in [0.25, 0.3) is 0 Å². The molecule has 2 nitrogen and oxygen atoms in total. The lowest BCUT2D eigenvalue weighted by Crippen LogP contribution is -2.34. The van der Waals surface area contributed by atoms with Crippen LogP contribution in [0.1, 0.15) is 69.6 Å². The number of anilines is 3. The van der Waals surface area contributed by atoms with Crippen molar-refractivity contribution in [3.8, 4) is 27.9 Å². The molecule has 5 atom stereocenters. The molecule has 2 heteroatoms. The van der Waals surface area contributed by atoms with E-state index >= 15 is 0 Å². The van der Waals surface area contributed by atoms with E-state index in [4.69, 9.17) is 0 Å². The van der Waals surface area contributed by atoms with Crippen LogP contribution >= 0.6 is 0 Å². The molecule has 1 heterocycles. The first kappa shape index (κ1) is 36.3. The summed E-state index contributed by atoms with van der Waals surface area (Å²) in [6, 6.07) is 66.7. The van der Waals surface area contributed by atoms with Crippen molar-refractivity contribution in [1.29, 1.82) is 0 Å². The van der Waals surface area contributed by atoms with Crippen LogP contribution in [0.2, 0.25) is 0 Å². The molecule has 0 amide bonds. The number of aromatic nitrogens is 1. The van der Waals surface area contributed by atoms with E-state index in [1.165, 1.54) is 121 Å². The fourth-order valence-corrected chi connectivity index (χ4v) is 13.5. The van der Waals surface area contributed by atoms with Gasteiger partial charge in [0.1, 0.15) is 0 Å². The number of hydrogen-bond acceptors (Lipinski definition) is 1. The first-order chi connectivity index (χ1) is 30.3. The number of fused-ring (bicyclic) bond motifs is 8. The Morgan fingerprint density at radius 3 is 2.10 bits per heavy atom. The third kappa shape index (κ3) is 5.28. The van der Waals surface area contributed by atoms with Gasteiger partial charge in [0, 0.05) is 38.9 Å². The molecule has 8 aromatic carbocycles. The topological polar surface area (TPSA) is 8.17 Å². The lowest BCUT2D eigenvalue weighted by atomic mass is 9.62. The maximum atomic E-state index is 2.61. The molecule has 0 N–H and O–H groups in total. The third-order valence-corrected chi connectivity index (χ3v) is 16.2. The summed E-state index contributed by atoms with van der Waals surface area (Å²) in [5.41, 5.74) is 17.1. The van der Waals surface area contributed by atoms with Crippen LogP contribution in [-0.4, -0.2) is 4.57 Å². The molecular formula is C60H52N2. The molecule has 3 fully saturated rings. The highest BCUT2D eigenvalue weighted by atomic mass is 15.1. The maximum absolute atomic E-state index is 2.61. The quantitative estimate of drug-likeness (QED) is 0.163. The summed E-state index contributed by atoms with van der Waals surface area (Å²) in [6.45, 7) is 7.34. The predicted octanol–water partition coefficient (Wildman–Crippen LogP) is 16.1. The second-order valence-electron chi connectivity index (χ2n) is 20.1. The molecule has 9 aromatic rings. The number of hydrogen-bond donors (Lipinski definition) is 0. The zero-order valence-corrected chi connectivity index (χ0v) is 36.0. The van der Waals surface area contributed by atoms with E-state index in [9.17, 15) is 0 Å². The highest BCUT2D eigenvalue weighted by Crippen LogP contribution is 2.66. The lowest BCUT2D eigenvalue weighted by Gasteiger charge is -2.43. The normalized spacial score (nSPS) is 23.0. The molecule has 2 unspecified atom stereocenters. The zero-order valence-electron chi connectivity index (χ0n) is 36.0. The molecule has 13 rings (SSSR count). The van der Waals surface area contributed by atoms with Gasteiger partial charge in [0.2, 0.25) is 0 Å². The number of nitrogens with zero attached hydrogens (tertiary/aromatic N) is 2. The van der Waals surface area contributed by atoms with Crippen molar-refractivity contribution in [1.82, 2.24) is 4.57 Å². The predicted molar refractivity (Wildman–Crippen MR) is 260 cm³/mol. The first-order valence-corrected chi connectivity index (χ1v) is 23.1. The minimum Gasteiger partial charge on any atom is -0.310 e. The van der Waals surface area contributed by atoms with Gasteiger partial charge in [-0.25, -0.2) is 0 Å². The van der Waals surface area contributed by atoms with E-state index in [1.54, 1.807) is 5.56 Å². The Morgan fingerprint density at radius 1 is 0.500 bits per heavy atom. The molecule has 2 bridgehead atoms. The molecular weight excluding hydrogens is 749 g/mol. The highest BCUT2D eigenvalue weighted by Gasteiger charge is 2.57. The van der Waals surface area contributed by atoms with Crippen molar-refractivity contribution in [2.24, 2.45) is 23.7 Å². The molecule has 3 saturated carbocycles. The smallest absolute Gasteiger partial charge is 0.0547 e. The molecule has 302 valence electrons. The second-order valence-corrected chi connectivity index (χ2v) is 20.1. The van der Waals surface area contributed by atoms with Gasteiger partial charge in [-0.3, -0.25) is 0 Å². The molecule has 4 aliphatic rings. The SMILES string of the molecule is C[C@H]1C[C@H]2C[C@H]3CC(c4ccccc4N(c4ccc(-c5cccc(-n6c7ccccc7c7cc8ccccc8cc76)c5)cc4)c4ccc5c(c4)C(C)(C)c4ccccc4-5)(CC23)C1. The molecule has 4 aliphatic carbocycles. The standard InChI is InChI=1S/C60H52N2/c1-38-29-43-30-44-36-60(35-38,37-52(43)44)54-20-9-11-22-57(54)61(47-27-28-49-48-17-6-8-19-53(48)59(2,3)55(49)34-47)45-25-23-39(24-26-45)40-15-12-16-46(31-40)62-56-21-10-7-18-50(56)51-32-41-13-4-5-14-42(41)33-58(51)62/h4-28,31-34,38,43-44,52H,29-30,35-37H2,1-3H3/t38-,43-,44-,52?,60?/m0/s1. The van der Waals surface area contributed by atoms with Crippen LogP contribution in [0.3, 0.4) is 0 Å². The van der Waals surface area contributed by atoms with Crippen molar-refractivity contribution in [2.75, 3.05) is 4.90 Å². The summed E-state index contributed by atoms with van der Waals surface area (Å²) in [7, 11) is 0. The zero-order chi connectivity index (χ0) is 41.3. The Hall–Kier alpha value is -6.38. The molecule has 0 aliphatic heterocycles. The highest BCUT2D eigenvalue weighted by molar-refractivity contribution is 6.13. The van der Waals surface area contributed by atoms with E-state index in [0.717, 1.165) is 23.7 Å². The summed E-state index contributed by atoms with van der Waals surface area (Å²) in [5.74, 6) is 3.48. The summed E-state index contributed by atoms with van der Waals surface area (Å²) >= 11 is 0. The van der Waals surface area contributed by atoms with Gasteiger partial charge in [0.05, 0.1) is 11.0 Å². The van der Waals surface area contributed by atoms with Crippen molar-refractivity contribution in [2.45, 2.75) is 63.7 Å². The minimum atomic E-state index is -0.0828. The summed E-state index contributed by atoms with van der Waals surface area (Å²) in [6.07, 6.45) is 6.84. The van der Waals surface area contributed by atoms with Gasteiger partial charge in [-0.2, -0.15) is 0 Å². The maximum Gasteiger partial charge on any atom is 0.0547 e. The summed E-state index contributed by atoms with van der Waals surface area (Å²) in [4.78, 5) is 2.61. The van der Waals surface area contributed by atoms with Gasteiger partial charge in [-0.15, -0.1) is 0 Å². The van der Waals surface area contributed by atoms with E-state index < -0.39 is 0 Å². The fourth-order valence-electron chi connectivity index (χ4n) is 13.5. The Morgan fingerprint density at radius 2 is 1.23 bits per heavy atom. The Labute approximate surface area is 365 Å². The van der Waals surface area contributed by atoms with Crippen LogP contribution in [0.25, 0.3) is 60.5 Å². The number of rotatable bonds is 6. The van der Waals surface area contributed by atoms with Gasteiger partial charge in [-0.05, 0) is 172 Å². The minimum absolute atomic E-state index is 0.0828. The van der Waals surface area contributed by atoms with Gasteiger partial charge < -0.3 is 9.47 Å². The third-order valence-electron chi connectivity index (χ3n) is 16.2. The van der Waals surface area contributed by atoms with Gasteiger partial charge in [0.15, 0.2) is 0 Å². The monoisotopic (exact) mass is 800 g/mol. The summed E-state index contributed by atoms with van der Waals surface area (Å²) < 4.78 is 2.45. The Kier molecular flexibility index (Phi) is 7.79. The molecule has 0 radical (unpaired) electrons. The van der Waals surface area contributed by atoms with Crippen LogP contribution in [0.15, 0.2) is 176 Å².